The molecule has 0 unspecified atom stereocenters. The molecule has 0 radical (unpaired) electrons. The minimum absolute atomic E-state index is 0.630. The zero-order valence-electron chi connectivity index (χ0n) is 29.5. The van der Waals surface area contributed by atoms with Gasteiger partial charge in [-0.2, -0.15) is 0 Å². The van der Waals surface area contributed by atoms with Gasteiger partial charge in [-0.15, -0.1) is 0 Å². The predicted molar refractivity (Wildman–Crippen MR) is 221 cm³/mol. The van der Waals surface area contributed by atoms with E-state index in [9.17, 15) is 0 Å². The molecule has 0 saturated carbocycles. The first-order chi connectivity index (χ1) is 26.2. The number of allylic oxidation sites excluding steroid dienone is 9. The Kier molecular flexibility index (Phi) is 8.29. The summed E-state index contributed by atoms with van der Waals surface area (Å²) in [5.74, 6) is 1.93. The number of rotatable bonds is 8. The molecule has 0 amide bonds. The van der Waals surface area contributed by atoms with Crippen molar-refractivity contribution in [3.05, 3.63) is 188 Å². The molecule has 0 aliphatic heterocycles. The Bertz CT molecular complexity index is 2790. The van der Waals surface area contributed by atoms with Crippen LogP contribution in [0.1, 0.15) is 31.4 Å². The number of fused-ring (bicyclic) bond motifs is 5. The third-order valence-corrected chi connectivity index (χ3v) is 9.95. The lowest BCUT2D eigenvalue weighted by atomic mass is 9.99. The zero-order chi connectivity index (χ0) is 35.7. The average Bonchev–Trinajstić information content (AvgIpc) is 3.82. The molecule has 0 spiro atoms. The molecule has 1 aliphatic rings. The van der Waals surface area contributed by atoms with Gasteiger partial charge in [-0.05, 0) is 67.8 Å². The molecule has 1 aliphatic carbocycles. The first-order valence-electron chi connectivity index (χ1n) is 18.1. The molecular formula is C48H37N5. The summed E-state index contributed by atoms with van der Waals surface area (Å²) >= 11 is 0. The van der Waals surface area contributed by atoms with Crippen LogP contribution in [0.25, 0.3) is 77.7 Å². The molecule has 5 aromatic carbocycles. The highest BCUT2D eigenvalue weighted by Crippen LogP contribution is 2.42. The van der Waals surface area contributed by atoms with Gasteiger partial charge in [0.15, 0.2) is 17.5 Å². The molecule has 53 heavy (non-hydrogen) atoms. The highest BCUT2D eigenvalue weighted by Gasteiger charge is 2.21. The van der Waals surface area contributed by atoms with Crippen molar-refractivity contribution in [2.45, 2.75) is 19.8 Å². The fourth-order valence-corrected chi connectivity index (χ4v) is 7.50. The van der Waals surface area contributed by atoms with E-state index in [1.54, 1.807) is 6.08 Å². The van der Waals surface area contributed by atoms with Crippen molar-refractivity contribution in [1.82, 2.24) is 24.1 Å². The Labute approximate surface area is 308 Å². The van der Waals surface area contributed by atoms with Crippen LogP contribution in [-0.2, 0) is 0 Å². The molecule has 3 heterocycles. The summed E-state index contributed by atoms with van der Waals surface area (Å²) in [5, 5.41) is 3.59. The van der Waals surface area contributed by atoms with Crippen molar-refractivity contribution in [2.24, 2.45) is 0 Å². The van der Waals surface area contributed by atoms with Crippen molar-refractivity contribution in [3.63, 3.8) is 0 Å². The highest BCUT2D eigenvalue weighted by atomic mass is 15.0. The van der Waals surface area contributed by atoms with Gasteiger partial charge in [0.1, 0.15) is 0 Å². The van der Waals surface area contributed by atoms with Gasteiger partial charge in [-0.1, -0.05) is 128 Å². The lowest BCUT2D eigenvalue weighted by molar-refractivity contribution is 0.984. The van der Waals surface area contributed by atoms with E-state index in [0.717, 1.165) is 52.0 Å². The summed E-state index contributed by atoms with van der Waals surface area (Å²) < 4.78 is 4.72. The van der Waals surface area contributed by atoms with Crippen LogP contribution in [-0.4, -0.2) is 24.1 Å². The SMILES string of the molecule is C=C/C=C\C(=C/C)c1nc(C2=CCCC=C2)nc(-c2cccc(-n3c4ccccc4c4cc(-c5ccccc5)c5c(ccn5-c5ccccc5)c43)c2)n1. The van der Waals surface area contributed by atoms with Gasteiger partial charge in [0, 0.05) is 56.0 Å². The first kappa shape index (κ1) is 32.1. The van der Waals surface area contributed by atoms with E-state index in [2.05, 4.69) is 161 Å². The molecule has 0 saturated heterocycles. The minimum Gasteiger partial charge on any atom is -0.316 e. The maximum atomic E-state index is 5.08. The van der Waals surface area contributed by atoms with Gasteiger partial charge >= 0.3 is 0 Å². The Morgan fingerprint density at radius 3 is 2.23 bits per heavy atom. The standard InChI is InChI=1S/C48H37N5/c1-3-5-18-33(4-2)46-49-47(35-21-11-7-12-22-35)51-48(50-46)36-23-17-26-38(31-36)53-43-28-16-15-27-39(43)42-32-41(34-19-9-6-10-20-34)44-40(45(42)53)29-30-52(44)37-24-13-8-14-25-37/h3-6,8-11,13-32H,1,7,12H2,2H3/b18-5-,33-4+. The molecule has 254 valence electrons. The van der Waals surface area contributed by atoms with Crippen LogP contribution < -0.4 is 0 Å². The lowest BCUT2D eigenvalue weighted by Gasteiger charge is -2.14. The zero-order valence-corrected chi connectivity index (χ0v) is 29.5. The van der Waals surface area contributed by atoms with E-state index < -0.39 is 0 Å². The molecular weight excluding hydrogens is 647 g/mol. The van der Waals surface area contributed by atoms with E-state index in [4.69, 9.17) is 15.0 Å². The second-order valence-corrected chi connectivity index (χ2v) is 13.2. The Morgan fingerprint density at radius 1 is 0.679 bits per heavy atom. The van der Waals surface area contributed by atoms with Gasteiger partial charge in [-0.3, -0.25) is 0 Å². The molecule has 9 rings (SSSR count). The van der Waals surface area contributed by atoms with Crippen molar-refractivity contribution in [1.29, 1.82) is 0 Å². The first-order valence-corrected chi connectivity index (χ1v) is 18.1. The number of para-hydroxylation sites is 2. The summed E-state index contributed by atoms with van der Waals surface area (Å²) in [6.45, 7) is 5.86. The number of hydrogen-bond donors (Lipinski definition) is 0. The number of aromatic nitrogens is 5. The molecule has 0 atom stereocenters. The van der Waals surface area contributed by atoms with Crippen molar-refractivity contribution in [3.8, 4) is 33.9 Å². The summed E-state index contributed by atoms with van der Waals surface area (Å²) in [6, 6.07) is 43.2. The quantitative estimate of drug-likeness (QED) is 0.150. The molecule has 5 nitrogen and oxygen atoms in total. The van der Waals surface area contributed by atoms with E-state index in [1.165, 1.54) is 32.8 Å². The largest absolute Gasteiger partial charge is 0.316 e. The Balaban J connectivity index is 1.30. The summed E-state index contributed by atoms with van der Waals surface area (Å²) in [4.78, 5) is 15.1. The van der Waals surface area contributed by atoms with Gasteiger partial charge in [0.2, 0.25) is 0 Å². The van der Waals surface area contributed by atoms with Crippen molar-refractivity contribution < 1.29 is 0 Å². The van der Waals surface area contributed by atoms with Crippen LogP contribution >= 0.6 is 0 Å². The number of nitrogens with zero attached hydrogens (tertiary/aromatic N) is 5. The molecule has 8 aromatic rings. The monoisotopic (exact) mass is 683 g/mol. The fourth-order valence-electron chi connectivity index (χ4n) is 7.50. The third kappa shape index (κ3) is 5.73. The Hall–Kier alpha value is -6.85. The maximum absolute atomic E-state index is 5.08. The van der Waals surface area contributed by atoms with Gasteiger partial charge in [0.05, 0.1) is 16.6 Å². The maximum Gasteiger partial charge on any atom is 0.164 e. The fraction of sp³-hybridized carbons (Fsp3) is 0.0625. The van der Waals surface area contributed by atoms with Crippen LogP contribution in [0.2, 0.25) is 0 Å². The smallest absolute Gasteiger partial charge is 0.164 e. The van der Waals surface area contributed by atoms with Gasteiger partial charge < -0.3 is 9.13 Å². The number of hydrogen-bond acceptors (Lipinski definition) is 3. The summed E-state index contributed by atoms with van der Waals surface area (Å²) in [5.41, 5.74) is 10.8. The molecule has 0 N–H and O–H groups in total. The Morgan fingerprint density at radius 2 is 1.43 bits per heavy atom. The molecule has 0 bridgehead atoms. The predicted octanol–water partition coefficient (Wildman–Crippen LogP) is 12.1. The van der Waals surface area contributed by atoms with Gasteiger partial charge in [0.25, 0.3) is 0 Å². The van der Waals surface area contributed by atoms with Crippen LogP contribution in [0, 0.1) is 0 Å². The average molecular weight is 684 g/mol. The van der Waals surface area contributed by atoms with E-state index in [1.807, 2.05) is 25.2 Å². The van der Waals surface area contributed by atoms with E-state index in [0.29, 0.717) is 17.5 Å². The summed E-state index contributed by atoms with van der Waals surface area (Å²) in [7, 11) is 0. The highest BCUT2D eigenvalue weighted by molar-refractivity contribution is 6.21. The van der Waals surface area contributed by atoms with Gasteiger partial charge in [-0.25, -0.2) is 15.0 Å². The van der Waals surface area contributed by atoms with Crippen LogP contribution in [0.3, 0.4) is 0 Å². The minimum atomic E-state index is 0.630. The van der Waals surface area contributed by atoms with Crippen molar-refractivity contribution >= 4 is 43.9 Å². The third-order valence-electron chi connectivity index (χ3n) is 9.95. The van der Waals surface area contributed by atoms with E-state index >= 15 is 0 Å². The van der Waals surface area contributed by atoms with Crippen LogP contribution in [0.4, 0.5) is 0 Å². The number of benzene rings is 5. The molecule has 3 aromatic heterocycles. The summed E-state index contributed by atoms with van der Waals surface area (Å²) in [6.07, 6.45) is 18.4. The van der Waals surface area contributed by atoms with E-state index in [-0.39, 0.29) is 0 Å². The molecule has 0 fully saturated rings. The second kappa shape index (κ2) is 13.7. The molecule has 5 heteroatoms. The second-order valence-electron chi connectivity index (χ2n) is 13.2. The topological polar surface area (TPSA) is 48.5 Å². The van der Waals surface area contributed by atoms with Crippen LogP contribution in [0.15, 0.2) is 177 Å². The normalized spacial score (nSPS) is 13.4. The van der Waals surface area contributed by atoms with Crippen LogP contribution in [0.5, 0.6) is 0 Å². The lowest BCUT2D eigenvalue weighted by Crippen LogP contribution is -2.05. The van der Waals surface area contributed by atoms with Crippen molar-refractivity contribution in [2.75, 3.05) is 0 Å².